The average Bonchev–Trinajstić information content (AvgIpc) is 3.39. The van der Waals surface area contributed by atoms with Crippen molar-refractivity contribution in [3.63, 3.8) is 0 Å². The number of piperidine rings is 1. The van der Waals surface area contributed by atoms with Gasteiger partial charge in [-0.05, 0) is 67.0 Å². The van der Waals surface area contributed by atoms with Crippen molar-refractivity contribution in [1.82, 2.24) is 4.98 Å². The zero-order valence-corrected chi connectivity index (χ0v) is 17.7. The first-order valence-corrected chi connectivity index (χ1v) is 10.9. The topological polar surface area (TPSA) is 45.6 Å². The molecule has 31 heavy (non-hydrogen) atoms. The Morgan fingerprint density at radius 1 is 1.10 bits per heavy atom. The number of nitrogens with zero attached hydrogens (tertiary/aromatic N) is 2. The number of benzene rings is 2. The van der Waals surface area contributed by atoms with Crippen molar-refractivity contribution in [3.8, 4) is 17.0 Å². The van der Waals surface area contributed by atoms with Crippen LogP contribution in [-0.2, 0) is 6.61 Å². The third kappa shape index (κ3) is 3.90. The van der Waals surface area contributed by atoms with Crippen molar-refractivity contribution in [2.24, 2.45) is 11.8 Å². The van der Waals surface area contributed by atoms with Crippen molar-refractivity contribution in [1.29, 1.82) is 0 Å². The van der Waals surface area contributed by atoms with E-state index in [0.29, 0.717) is 36.1 Å². The van der Waals surface area contributed by atoms with Crippen molar-refractivity contribution in [2.75, 3.05) is 18.1 Å². The lowest BCUT2D eigenvalue weighted by atomic mass is 9.95. The fourth-order valence-corrected chi connectivity index (χ4v) is 5.07. The van der Waals surface area contributed by atoms with Crippen LogP contribution in [-0.4, -0.2) is 29.3 Å². The van der Waals surface area contributed by atoms with Crippen molar-refractivity contribution >= 4 is 5.69 Å². The SMILES string of the molecule is Cc1ccc(-c2ccc(N3CC4C[C@H]3C[C@@H]4CO)c(F)c2)c(OCc2ccccc2)n1. The van der Waals surface area contributed by atoms with Gasteiger partial charge in [-0.25, -0.2) is 9.37 Å². The van der Waals surface area contributed by atoms with Crippen molar-refractivity contribution in [3.05, 3.63) is 77.7 Å². The Bertz CT molecular complexity index is 1070. The Morgan fingerprint density at radius 2 is 1.94 bits per heavy atom. The van der Waals surface area contributed by atoms with Gasteiger partial charge in [0.05, 0.1) is 5.69 Å². The van der Waals surface area contributed by atoms with E-state index in [2.05, 4.69) is 9.88 Å². The number of aryl methyl sites for hydroxylation is 1. The molecule has 4 nitrogen and oxygen atoms in total. The van der Waals surface area contributed by atoms with Crippen LogP contribution >= 0.6 is 0 Å². The summed E-state index contributed by atoms with van der Waals surface area (Å²) in [5.74, 6) is 1.13. The molecule has 1 saturated carbocycles. The highest BCUT2D eigenvalue weighted by Crippen LogP contribution is 2.45. The number of halogens is 1. The molecule has 1 saturated heterocycles. The first kappa shape index (κ1) is 20.0. The number of anilines is 1. The molecule has 0 spiro atoms. The van der Waals surface area contributed by atoms with E-state index in [9.17, 15) is 5.11 Å². The Morgan fingerprint density at radius 3 is 2.65 bits per heavy atom. The maximum absolute atomic E-state index is 15.2. The molecule has 2 heterocycles. The Kier molecular flexibility index (Phi) is 5.36. The Labute approximate surface area is 182 Å². The molecule has 2 aliphatic rings. The molecule has 1 aliphatic heterocycles. The molecule has 2 aromatic carbocycles. The minimum Gasteiger partial charge on any atom is -0.472 e. The second-order valence-corrected chi connectivity index (χ2v) is 8.73. The van der Waals surface area contributed by atoms with Gasteiger partial charge in [0, 0.05) is 30.5 Å². The lowest BCUT2D eigenvalue weighted by Crippen LogP contribution is -2.36. The molecule has 1 N–H and O–H groups in total. The maximum Gasteiger partial charge on any atom is 0.221 e. The third-order valence-corrected chi connectivity index (χ3v) is 6.71. The normalized spacial score (nSPS) is 22.2. The van der Waals surface area contributed by atoms with Crippen LogP contribution < -0.4 is 9.64 Å². The fraction of sp³-hybridized carbons (Fsp3) is 0.346. The van der Waals surface area contributed by atoms with E-state index in [1.807, 2.05) is 61.5 Å². The highest BCUT2D eigenvalue weighted by atomic mass is 19.1. The molecular weight excluding hydrogens is 391 g/mol. The number of aliphatic hydroxyl groups is 1. The van der Waals surface area contributed by atoms with Gasteiger partial charge in [0.1, 0.15) is 12.4 Å². The number of pyridine rings is 1. The summed E-state index contributed by atoms with van der Waals surface area (Å²) in [6, 6.07) is 19.6. The van der Waals surface area contributed by atoms with Crippen LogP contribution in [0, 0.1) is 24.6 Å². The van der Waals surface area contributed by atoms with Crippen LogP contribution in [0.3, 0.4) is 0 Å². The molecule has 0 amide bonds. The molecule has 160 valence electrons. The monoisotopic (exact) mass is 418 g/mol. The second-order valence-electron chi connectivity index (χ2n) is 8.73. The number of ether oxygens (including phenoxy) is 1. The van der Waals surface area contributed by atoms with Crippen LogP contribution in [0.5, 0.6) is 5.88 Å². The number of hydrogen-bond donors (Lipinski definition) is 1. The summed E-state index contributed by atoms with van der Waals surface area (Å²) in [5.41, 5.74) is 4.11. The molecule has 0 radical (unpaired) electrons. The molecular formula is C26H27FN2O2. The number of aliphatic hydroxyl groups excluding tert-OH is 1. The van der Waals surface area contributed by atoms with Gasteiger partial charge < -0.3 is 14.7 Å². The minimum absolute atomic E-state index is 0.222. The molecule has 1 unspecified atom stereocenters. The van der Waals surface area contributed by atoms with E-state index < -0.39 is 0 Å². The van der Waals surface area contributed by atoms with E-state index in [1.165, 1.54) is 0 Å². The lowest BCUT2D eigenvalue weighted by Gasteiger charge is -2.33. The van der Waals surface area contributed by atoms with Crippen molar-refractivity contribution in [2.45, 2.75) is 32.4 Å². The number of fused-ring (bicyclic) bond motifs is 2. The molecule has 3 aromatic rings. The van der Waals surface area contributed by atoms with Crippen LogP contribution in [0.25, 0.3) is 11.1 Å². The van der Waals surface area contributed by atoms with Crippen LogP contribution in [0.4, 0.5) is 10.1 Å². The molecule has 5 rings (SSSR count). The van der Waals surface area contributed by atoms with Gasteiger partial charge in [0.25, 0.3) is 0 Å². The number of rotatable bonds is 6. The molecule has 1 aliphatic carbocycles. The summed E-state index contributed by atoms with van der Waals surface area (Å²) in [7, 11) is 0. The van der Waals surface area contributed by atoms with Gasteiger partial charge >= 0.3 is 0 Å². The lowest BCUT2D eigenvalue weighted by molar-refractivity contribution is 0.189. The van der Waals surface area contributed by atoms with E-state index in [4.69, 9.17) is 4.74 Å². The number of hydrogen-bond acceptors (Lipinski definition) is 4. The van der Waals surface area contributed by atoms with Gasteiger partial charge in [0.15, 0.2) is 0 Å². The first-order chi connectivity index (χ1) is 15.1. The zero-order valence-electron chi connectivity index (χ0n) is 17.7. The molecule has 2 bridgehead atoms. The molecule has 2 fully saturated rings. The van der Waals surface area contributed by atoms with Crippen LogP contribution in [0.1, 0.15) is 24.1 Å². The quantitative estimate of drug-likeness (QED) is 0.613. The van der Waals surface area contributed by atoms with Gasteiger partial charge in [-0.1, -0.05) is 36.4 Å². The molecule has 5 heteroatoms. The first-order valence-electron chi connectivity index (χ1n) is 10.9. The van der Waals surface area contributed by atoms with E-state index in [1.54, 1.807) is 6.07 Å². The van der Waals surface area contributed by atoms with Crippen LogP contribution in [0.2, 0.25) is 0 Å². The van der Waals surface area contributed by atoms with Gasteiger partial charge in [0.2, 0.25) is 5.88 Å². The molecule has 1 aromatic heterocycles. The summed E-state index contributed by atoms with van der Waals surface area (Å²) in [6.45, 7) is 3.39. The maximum atomic E-state index is 15.2. The zero-order chi connectivity index (χ0) is 21.4. The third-order valence-electron chi connectivity index (χ3n) is 6.71. The van der Waals surface area contributed by atoms with Gasteiger partial charge in [-0.15, -0.1) is 0 Å². The largest absolute Gasteiger partial charge is 0.472 e. The minimum atomic E-state index is -0.222. The predicted octanol–water partition coefficient (Wildman–Crippen LogP) is 4.98. The second kappa shape index (κ2) is 8.31. The summed E-state index contributed by atoms with van der Waals surface area (Å²) >= 11 is 0. The van der Waals surface area contributed by atoms with E-state index >= 15 is 4.39 Å². The highest BCUT2D eigenvalue weighted by molar-refractivity contribution is 5.71. The smallest absolute Gasteiger partial charge is 0.221 e. The van der Waals surface area contributed by atoms with E-state index in [0.717, 1.165) is 41.8 Å². The Balaban J connectivity index is 1.39. The Hall–Kier alpha value is -2.92. The molecule has 3 atom stereocenters. The summed E-state index contributed by atoms with van der Waals surface area (Å²) in [6.07, 6.45) is 1.99. The fourth-order valence-electron chi connectivity index (χ4n) is 5.07. The standard InChI is InChI=1S/C26H27FN2O2/c1-17-7-9-23(26(28-17)31-16-18-5-3-2-4-6-18)19-8-10-25(24(27)13-19)29-14-20-11-22(29)12-21(20)15-30/h2-10,13,20-22,30H,11-12,14-16H2,1H3/t20?,21-,22+/m1/s1. The van der Waals surface area contributed by atoms with Gasteiger partial charge in [-0.3, -0.25) is 0 Å². The number of aromatic nitrogens is 1. The predicted molar refractivity (Wildman–Crippen MR) is 120 cm³/mol. The average molecular weight is 419 g/mol. The summed E-state index contributed by atoms with van der Waals surface area (Å²) in [4.78, 5) is 6.74. The highest BCUT2D eigenvalue weighted by Gasteiger charge is 2.44. The van der Waals surface area contributed by atoms with E-state index in [-0.39, 0.29) is 12.4 Å². The summed E-state index contributed by atoms with van der Waals surface area (Å²) in [5, 5.41) is 9.51. The summed E-state index contributed by atoms with van der Waals surface area (Å²) < 4.78 is 21.2. The van der Waals surface area contributed by atoms with Gasteiger partial charge in [-0.2, -0.15) is 0 Å². The van der Waals surface area contributed by atoms with Crippen LogP contribution in [0.15, 0.2) is 60.7 Å². The van der Waals surface area contributed by atoms with Crippen molar-refractivity contribution < 1.29 is 14.2 Å².